The molecule has 3 amide bonds. The number of benzene rings is 1. The summed E-state index contributed by atoms with van der Waals surface area (Å²) in [7, 11) is 0. The summed E-state index contributed by atoms with van der Waals surface area (Å²) < 4.78 is 12.9. The zero-order valence-corrected chi connectivity index (χ0v) is 13.2. The van der Waals surface area contributed by atoms with Crippen LogP contribution in [0.15, 0.2) is 36.7 Å². The van der Waals surface area contributed by atoms with Gasteiger partial charge in [-0.15, -0.1) is 0 Å². The van der Waals surface area contributed by atoms with Crippen molar-refractivity contribution in [2.75, 3.05) is 29.9 Å². The maximum Gasteiger partial charge on any atom is 0.322 e. The lowest BCUT2D eigenvalue weighted by Gasteiger charge is -2.33. The van der Waals surface area contributed by atoms with E-state index in [9.17, 15) is 14.0 Å². The number of amides is 3. The standard InChI is InChI=1S/C15H13ClFN5O2/c16-11-3-1-2-4-12(11)20-15(24)21-5-6-22(13(23)9-21)14-18-7-10(17)8-19-14/h1-4,7-8H,5-6,9H2,(H,20,24). The van der Waals surface area contributed by atoms with E-state index in [1.54, 1.807) is 24.3 Å². The highest BCUT2D eigenvalue weighted by Gasteiger charge is 2.29. The lowest BCUT2D eigenvalue weighted by molar-refractivity contribution is -0.120. The lowest BCUT2D eigenvalue weighted by atomic mass is 10.3. The van der Waals surface area contributed by atoms with Crippen LogP contribution >= 0.6 is 11.6 Å². The van der Waals surface area contributed by atoms with Crippen molar-refractivity contribution in [2.24, 2.45) is 0 Å². The van der Waals surface area contributed by atoms with Crippen LogP contribution in [-0.4, -0.2) is 46.4 Å². The van der Waals surface area contributed by atoms with Gasteiger partial charge in [0.25, 0.3) is 0 Å². The van der Waals surface area contributed by atoms with E-state index in [-0.39, 0.29) is 24.9 Å². The summed E-state index contributed by atoms with van der Waals surface area (Å²) in [5, 5.41) is 3.08. The van der Waals surface area contributed by atoms with Crippen molar-refractivity contribution in [1.82, 2.24) is 14.9 Å². The molecule has 1 N–H and O–H groups in total. The molecule has 7 nitrogen and oxygen atoms in total. The molecule has 0 saturated carbocycles. The van der Waals surface area contributed by atoms with Gasteiger partial charge in [-0.25, -0.2) is 19.2 Å². The quantitative estimate of drug-likeness (QED) is 0.901. The van der Waals surface area contributed by atoms with E-state index in [1.165, 1.54) is 9.80 Å². The van der Waals surface area contributed by atoms with Crippen LogP contribution in [0.5, 0.6) is 0 Å². The summed E-state index contributed by atoms with van der Waals surface area (Å²) in [4.78, 5) is 34.7. The Bertz CT molecular complexity index is 771. The lowest BCUT2D eigenvalue weighted by Crippen LogP contribution is -2.53. The summed E-state index contributed by atoms with van der Waals surface area (Å²) in [5.74, 6) is -0.807. The third kappa shape index (κ3) is 3.43. The number of nitrogens with zero attached hydrogens (tertiary/aromatic N) is 4. The van der Waals surface area contributed by atoms with Crippen LogP contribution in [0.1, 0.15) is 0 Å². The number of carbonyl (C=O) groups excluding carboxylic acids is 2. The van der Waals surface area contributed by atoms with Crippen LogP contribution in [0.25, 0.3) is 0 Å². The Kier molecular flexibility index (Phi) is 4.57. The van der Waals surface area contributed by atoms with E-state index >= 15 is 0 Å². The Hall–Kier alpha value is -2.74. The van der Waals surface area contributed by atoms with Gasteiger partial charge in [0.15, 0.2) is 5.82 Å². The summed E-state index contributed by atoms with van der Waals surface area (Å²) in [5.41, 5.74) is 0.473. The first-order valence-corrected chi connectivity index (χ1v) is 7.51. The first kappa shape index (κ1) is 16.1. The van der Waals surface area contributed by atoms with E-state index in [0.717, 1.165) is 12.4 Å². The van der Waals surface area contributed by atoms with Gasteiger partial charge in [0.05, 0.1) is 23.1 Å². The minimum Gasteiger partial charge on any atom is -0.313 e. The Morgan fingerprint density at radius 1 is 1.21 bits per heavy atom. The molecule has 0 aliphatic carbocycles. The highest BCUT2D eigenvalue weighted by molar-refractivity contribution is 6.33. The molecule has 1 fully saturated rings. The van der Waals surface area contributed by atoms with Crippen molar-refractivity contribution in [1.29, 1.82) is 0 Å². The first-order valence-electron chi connectivity index (χ1n) is 7.13. The number of anilines is 2. The van der Waals surface area contributed by atoms with Gasteiger partial charge in [0.2, 0.25) is 11.9 Å². The van der Waals surface area contributed by atoms with Gasteiger partial charge >= 0.3 is 6.03 Å². The van der Waals surface area contributed by atoms with Crippen molar-refractivity contribution >= 4 is 35.2 Å². The van der Waals surface area contributed by atoms with E-state index < -0.39 is 11.8 Å². The van der Waals surface area contributed by atoms with Gasteiger partial charge < -0.3 is 10.2 Å². The van der Waals surface area contributed by atoms with Crippen LogP contribution < -0.4 is 10.2 Å². The number of aromatic nitrogens is 2. The van der Waals surface area contributed by atoms with Crippen molar-refractivity contribution in [3.63, 3.8) is 0 Å². The fraction of sp³-hybridized carbons (Fsp3) is 0.200. The maximum absolute atomic E-state index is 12.9. The molecule has 0 bridgehead atoms. The van der Waals surface area contributed by atoms with Gasteiger partial charge in [-0.3, -0.25) is 9.69 Å². The zero-order chi connectivity index (χ0) is 17.1. The number of hydrogen-bond donors (Lipinski definition) is 1. The van der Waals surface area contributed by atoms with Crippen LogP contribution in [0.4, 0.5) is 20.8 Å². The van der Waals surface area contributed by atoms with Crippen molar-refractivity contribution in [3.8, 4) is 0 Å². The first-order chi connectivity index (χ1) is 11.5. The molecule has 2 aromatic rings. The molecule has 1 aromatic carbocycles. The Labute approximate surface area is 142 Å². The number of carbonyl (C=O) groups is 2. The highest BCUT2D eigenvalue weighted by atomic mass is 35.5. The van der Waals surface area contributed by atoms with E-state index in [1.807, 2.05) is 0 Å². The van der Waals surface area contributed by atoms with E-state index in [2.05, 4.69) is 15.3 Å². The third-order valence-electron chi connectivity index (χ3n) is 3.47. The van der Waals surface area contributed by atoms with E-state index in [0.29, 0.717) is 17.3 Å². The van der Waals surface area contributed by atoms with Crippen LogP contribution in [0.3, 0.4) is 0 Å². The van der Waals surface area contributed by atoms with Crippen molar-refractivity contribution in [2.45, 2.75) is 0 Å². The highest BCUT2D eigenvalue weighted by Crippen LogP contribution is 2.21. The molecular formula is C15H13ClFN5O2. The Morgan fingerprint density at radius 2 is 1.92 bits per heavy atom. The van der Waals surface area contributed by atoms with Gasteiger partial charge in [0.1, 0.15) is 6.54 Å². The zero-order valence-electron chi connectivity index (χ0n) is 12.4. The summed E-state index contributed by atoms with van der Waals surface area (Å²) in [6.45, 7) is 0.389. The maximum atomic E-state index is 12.9. The van der Waals surface area contributed by atoms with Crippen molar-refractivity contribution in [3.05, 3.63) is 47.5 Å². The predicted molar refractivity (Wildman–Crippen MR) is 86.4 cm³/mol. The monoisotopic (exact) mass is 349 g/mol. The van der Waals surface area contributed by atoms with Gasteiger partial charge in [-0.1, -0.05) is 23.7 Å². The number of halogens is 2. The van der Waals surface area contributed by atoms with Crippen molar-refractivity contribution < 1.29 is 14.0 Å². The molecule has 0 radical (unpaired) electrons. The minimum atomic E-state index is -0.580. The fourth-order valence-electron chi connectivity index (χ4n) is 2.26. The average molecular weight is 350 g/mol. The van der Waals surface area contributed by atoms with Crippen LogP contribution in [-0.2, 0) is 4.79 Å². The summed E-state index contributed by atoms with van der Waals surface area (Å²) in [6.07, 6.45) is 1.98. The topological polar surface area (TPSA) is 78.4 Å². The molecule has 124 valence electrons. The molecule has 0 unspecified atom stereocenters. The van der Waals surface area contributed by atoms with Gasteiger partial charge in [-0.05, 0) is 12.1 Å². The third-order valence-corrected chi connectivity index (χ3v) is 3.80. The number of hydrogen-bond acceptors (Lipinski definition) is 4. The Morgan fingerprint density at radius 3 is 2.58 bits per heavy atom. The number of piperazine rings is 1. The number of rotatable bonds is 2. The Balaban J connectivity index is 1.65. The minimum absolute atomic E-state index is 0.118. The van der Waals surface area contributed by atoms with Crippen LogP contribution in [0.2, 0.25) is 5.02 Å². The second-order valence-electron chi connectivity index (χ2n) is 5.08. The SMILES string of the molecule is O=C(Nc1ccccc1Cl)N1CCN(c2ncc(F)cn2)C(=O)C1. The molecule has 1 saturated heterocycles. The largest absolute Gasteiger partial charge is 0.322 e. The normalized spacial score (nSPS) is 14.7. The molecule has 3 rings (SSSR count). The van der Waals surface area contributed by atoms with E-state index in [4.69, 9.17) is 11.6 Å². The molecule has 0 spiro atoms. The molecule has 0 atom stereocenters. The smallest absolute Gasteiger partial charge is 0.313 e. The van der Waals surface area contributed by atoms with Gasteiger partial charge in [0, 0.05) is 13.1 Å². The van der Waals surface area contributed by atoms with Crippen LogP contribution in [0, 0.1) is 5.82 Å². The predicted octanol–water partition coefficient (Wildman–Crippen LogP) is 2.15. The molecule has 2 heterocycles. The number of para-hydroxylation sites is 1. The molecule has 1 aliphatic rings. The number of urea groups is 1. The fourth-order valence-corrected chi connectivity index (χ4v) is 2.44. The molecule has 1 aromatic heterocycles. The molecule has 1 aliphatic heterocycles. The average Bonchev–Trinajstić information content (AvgIpc) is 2.58. The molecule has 24 heavy (non-hydrogen) atoms. The second-order valence-corrected chi connectivity index (χ2v) is 5.49. The second kappa shape index (κ2) is 6.79. The molecule has 9 heteroatoms. The van der Waals surface area contributed by atoms with Gasteiger partial charge in [-0.2, -0.15) is 0 Å². The summed E-state index contributed by atoms with van der Waals surface area (Å²) >= 11 is 6.00. The number of nitrogens with one attached hydrogen (secondary N) is 1. The molecular weight excluding hydrogens is 337 g/mol. The summed E-state index contributed by atoms with van der Waals surface area (Å²) in [6, 6.07) is 6.41.